The molecule has 0 saturated heterocycles. The van der Waals surface area contributed by atoms with Crippen LogP contribution in [0.2, 0.25) is 0 Å². The molecular weight excluding hydrogens is 242 g/mol. The van der Waals surface area contributed by atoms with Crippen LogP contribution in [-0.2, 0) is 10.0 Å². The van der Waals surface area contributed by atoms with E-state index in [9.17, 15) is 13.5 Å². The molecule has 1 atom stereocenters. The highest BCUT2D eigenvalue weighted by molar-refractivity contribution is 7.89. The quantitative estimate of drug-likeness (QED) is 0.785. The maximum atomic E-state index is 12.2. The summed E-state index contributed by atoms with van der Waals surface area (Å²) in [6.07, 6.45) is 0.795. The normalized spacial score (nSPS) is 13.7. The fourth-order valence-corrected chi connectivity index (χ4v) is 2.82. The van der Waals surface area contributed by atoms with Crippen LogP contribution in [0.15, 0.2) is 23.2 Å². The Hall–Kier alpha value is -1.18. The summed E-state index contributed by atoms with van der Waals surface area (Å²) in [7, 11) is -0.596. The molecule has 7 heteroatoms. The van der Waals surface area contributed by atoms with Crippen LogP contribution >= 0.6 is 0 Å². The molecule has 0 aliphatic rings. The van der Waals surface area contributed by atoms with Crippen LogP contribution in [0.1, 0.15) is 6.92 Å². The van der Waals surface area contributed by atoms with E-state index in [0.717, 1.165) is 4.31 Å². The molecule has 0 aliphatic heterocycles. The van der Waals surface area contributed by atoms with Crippen molar-refractivity contribution < 1.29 is 13.5 Å². The van der Waals surface area contributed by atoms with E-state index in [2.05, 4.69) is 10.3 Å². The van der Waals surface area contributed by atoms with Crippen molar-refractivity contribution in [3.8, 4) is 0 Å². The van der Waals surface area contributed by atoms with Crippen molar-refractivity contribution in [1.29, 1.82) is 0 Å². The molecule has 1 aromatic heterocycles. The molecule has 6 nitrogen and oxygen atoms in total. The number of aromatic nitrogens is 1. The van der Waals surface area contributed by atoms with Crippen LogP contribution in [0.5, 0.6) is 0 Å². The maximum absolute atomic E-state index is 12.2. The van der Waals surface area contributed by atoms with Gasteiger partial charge in [-0.1, -0.05) is 0 Å². The zero-order valence-corrected chi connectivity index (χ0v) is 10.9. The lowest BCUT2D eigenvalue weighted by Crippen LogP contribution is -2.33. The number of rotatable bonds is 5. The molecule has 0 bridgehead atoms. The molecule has 0 amide bonds. The summed E-state index contributed by atoms with van der Waals surface area (Å²) in [5.41, 5.74) is 0. The molecule has 2 N–H and O–H groups in total. The van der Waals surface area contributed by atoms with E-state index >= 15 is 0 Å². The summed E-state index contributed by atoms with van der Waals surface area (Å²) in [5.74, 6) is 0.296. The van der Waals surface area contributed by atoms with Gasteiger partial charge < -0.3 is 10.4 Å². The van der Waals surface area contributed by atoms with Crippen LogP contribution < -0.4 is 5.32 Å². The third-order valence-corrected chi connectivity index (χ3v) is 4.07. The molecule has 0 aromatic carbocycles. The van der Waals surface area contributed by atoms with Crippen molar-refractivity contribution in [3.05, 3.63) is 18.3 Å². The van der Waals surface area contributed by atoms with Gasteiger partial charge >= 0.3 is 0 Å². The van der Waals surface area contributed by atoms with Crippen molar-refractivity contribution >= 4 is 15.8 Å². The Balaban J connectivity index is 3.13. The Morgan fingerprint density at radius 1 is 1.59 bits per heavy atom. The number of hydrogen-bond donors (Lipinski definition) is 2. The number of hydrogen-bond acceptors (Lipinski definition) is 5. The van der Waals surface area contributed by atoms with Crippen molar-refractivity contribution in [2.45, 2.75) is 17.9 Å². The first-order valence-electron chi connectivity index (χ1n) is 5.16. The number of likely N-dealkylation sites (N-methyl/N-ethyl adjacent to an activating group) is 1. The van der Waals surface area contributed by atoms with Crippen LogP contribution in [0.25, 0.3) is 0 Å². The highest BCUT2D eigenvalue weighted by atomic mass is 32.2. The SMILES string of the molecule is CNc1ncccc1S(=O)(=O)N(C)CC(C)O. The number of nitrogens with one attached hydrogen (secondary N) is 1. The lowest BCUT2D eigenvalue weighted by molar-refractivity contribution is 0.171. The molecule has 17 heavy (non-hydrogen) atoms. The van der Waals surface area contributed by atoms with Gasteiger partial charge in [-0.2, -0.15) is 4.31 Å². The number of pyridine rings is 1. The first-order valence-corrected chi connectivity index (χ1v) is 6.60. The number of aliphatic hydroxyl groups is 1. The van der Waals surface area contributed by atoms with Crippen molar-refractivity contribution in [2.75, 3.05) is 26.0 Å². The minimum atomic E-state index is -3.63. The van der Waals surface area contributed by atoms with Crippen molar-refractivity contribution in [3.63, 3.8) is 0 Å². The fraction of sp³-hybridized carbons (Fsp3) is 0.500. The van der Waals surface area contributed by atoms with Gasteiger partial charge in [-0.05, 0) is 19.1 Å². The number of anilines is 1. The van der Waals surface area contributed by atoms with Gasteiger partial charge in [0.15, 0.2) is 0 Å². The second kappa shape index (κ2) is 5.44. The Labute approximate surface area is 101 Å². The molecular formula is C10H17N3O3S. The molecule has 1 rings (SSSR count). The first kappa shape index (κ1) is 13.9. The Morgan fingerprint density at radius 2 is 2.24 bits per heavy atom. The van der Waals surface area contributed by atoms with Crippen LogP contribution in [0, 0.1) is 0 Å². The number of sulfonamides is 1. The molecule has 0 fully saturated rings. The molecule has 0 radical (unpaired) electrons. The second-order valence-electron chi connectivity index (χ2n) is 3.73. The zero-order chi connectivity index (χ0) is 13.1. The molecule has 0 aliphatic carbocycles. The average Bonchev–Trinajstić information content (AvgIpc) is 2.28. The van der Waals surface area contributed by atoms with E-state index in [0.29, 0.717) is 5.82 Å². The third kappa shape index (κ3) is 3.15. The summed E-state index contributed by atoms with van der Waals surface area (Å²) >= 11 is 0. The smallest absolute Gasteiger partial charge is 0.246 e. The van der Waals surface area contributed by atoms with E-state index < -0.39 is 16.1 Å². The third-order valence-electron chi connectivity index (χ3n) is 2.22. The van der Waals surface area contributed by atoms with Gasteiger partial charge in [0, 0.05) is 26.8 Å². The van der Waals surface area contributed by atoms with E-state index in [1.807, 2.05) is 0 Å². The summed E-state index contributed by atoms with van der Waals surface area (Å²) in [5, 5.41) is 12.0. The molecule has 96 valence electrons. The van der Waals surface area contributed by atoms with Crippen LogP contribution in [0.3, 0.4) is 0 Å². The number of aliphatic hydroxyl groups excluding tert-OH is 1. The highest BCUT2D eigenvalue weighted by Gasteiger charge is 2.24. The van der Waals surface area contributed by atoms with Crippen LogP contribution in [0.4, 0.5) is 5.82 Å². The molecule has 0 spiro atoms. The molecule has 1 heterocycles. The molecule has 1 unspecified atom stereocenters. The van der Waals surface area contributed by atoms with Crippen molar-refractivity contribution in [1.82, 2.24) is 9.29 Å². The van der Waals surface area contributed by atoms with Crippen molar-refractivity contribution in [2.24, 2.45) is 0 Å². The number of nitrogens with zero attached hydrogens (tertiary/aromatic N) is 2. The summed E-state index contributed by atoms with van der Waals surface area (Å²) in [6.45, 7) is 1.58. The summed E-state index contributed by atoms with van der Waals surface area (Å²) < 4.78 is 25.5. The van der Waals surface area contributed by atoms with Gasteiger partial charge in [0.05, 0.1) is 6.10 Å². The van der Waals surface area contributed by atoms with E-state index in [4.69, 9.17) is 0 Å². The van der Waals surface area contributed by atoms with Crippen LogP contribution in [-0.4, -0.2) is 49.6 Å². The fourth-order valence-electron chi connectivity index (χ4n) is 1.42. The minimum absolute atomic E-state index is 0.0420. The standard InChI is InChI=1S/C10H17N3O3S/c1-8(14)7-13(3)17(15,16)9-5-4-6-12-10(9)11-2/h4-6,8,14H,7H2,1-3H3,(H,11,12). The monoisotopic (exact) mass is 259 g/mol. The predicted molar refractivity (Wildman–Crippen MR) is 65.3 cm³/mol. The lowest BCUT2D eigenvalue weighted by atomic mass is 10.4. The summed E-state index contributed by atoms with van der Waals surface area (Å²) in [6, 6.07) is 3.04. The lowest BCUT2D eigenvalue weighted by Gasteiger charge is -2.19. The average molecular weight is 259 g/mol. The Bertz CT molecular complexity index is 473. The van der Waals surface area contributed by atoms with Gasteiger partial charge in [-0.15, -0.1) is 0 Å². The zero-order valence-electron chi connectivity index (χ0n) is 10.1. The van der Waals surface area contributed by atoms with Gasteiger partial charge in [-0.25, -0.2) is 13.4 Å². The Kier molecular flexibility index (Phi) is 4.44. The van der Waals surface area contributed by atoms with Gasteiger partial charge in [-0.3, -0.25) is 0 Å². The predicted octanol–water partition coefficient (Wildman–Crippen LogP) is 0.125. The second-order valence-corrected chi connectivity index (χ2v) is 5.75. The summed E-state index contributed by atoms with van der Waals surface area (Å²) in [4.78, 5) is 4.05. The van der Waals surface area contributed by atoms with Gasteiger partial charge in [0.2, 0.25) is 10.0 Å². The van der Waals surface area contributed by atoms with E-state index in [1.54, 1.807) is 13.1 Å². The molecule has 1 aromatic rings. The Morgan fingerprint density at radius 3 is 2.76 bits per heavy atom. The molecule has 0 saturated carbocycles. The minimum Gasteiger partial charge on any atom is -0.392 e. The van der Waals surface area contributed by atoms with Gasteiger partial charge in [0.25, 0.3) is 0 Å². The van der Waals surface area contributed by atoms with E-state index in [-0.39, 0.29) is 11.4 Å². The van der Waals surface area contributed by atoms with Gasteiger partial charge in [0.1, 0.15) is 10.7 Å². The first-order chi connectivity index (χ1) is 7.89. The maximum Gasteiger partial charge on any atom is 0.246 e. The highest BCUT2D eigenvalue weighted by Crippen LogP contribution is 2.20. The topological polar surface area (TPSA) is 82.5 Å². The largest absolute Gasteiger partial charge is 0.392 e. The van der Waals surface area contributed by atoms with E-state index in [1.165, 1.54) is 26.2 Å².